The molecule has 1 aromatic rings. The van der Waals surface area contributed by atoms with Gasteiger partial charge in [0.1, 0.15) is 6.10 Å². The van der Waals surface area contributed by atoms with Crippen LogP contribution in [-0.4, -0.2) is 27.1 Å². The van der Waals surface area contributed by atoms with Crippen molar-refractivity contribution < 1.29 is 9.84 Å². The minimum Gasteiger partial charge on any atom is -0.384 e. The van der Waals surface area contributed by atoms with Crippen LogP contribution in [0.15, 0.2) is 12.3 Å². The Kier molecular flexibility index (Phi) is 3.29. The number of aliphatic hydroxyl groups is 1. The van der Waals surface area contributed by atoms with E-state index in [9.17, 15) is 5.11 Å². The molecule has 0 aliphatic heterocycles. The van der Waals surface area contributed by atoms with Gasteiger partial charge in [-0.05, 0) is 26.8 Å². The van der Waals surface area contributed by atoms with Crippen molar-refractivity contribution >= 4 is 0 Å². The van der Waals surface area contributed by atoms with Gasteiger partial charge in [0.2, 0.25) is 0 Å². The van der Waals surface area contributed by atoms with Crippen LogP contribution in [0.5, 0.6) is 0 Å². The summed E-state index contributed by atoms with van der Waals surface area (Å²) in [4.78, 5) is 0. The van der Waals surface area contributed by atoms with Crippen LogP contribution in [0, 0.1) is 0 Å². The molecule has 0 saturated carbocycles. The molecule has 0 saturated heterocycles. The third-order valence-corrected chi connectivity index (χ3v) is 1.87. The van der Waals surface area contributed by atoms with Crippen LogP contribution in [0.1, 0.15) is 32.6 Å². The van der Waals surface area contributed by atoms with Crippen LogP contribution in [0.3, 0.4) is 0 Å². The number of aliphatic hydroxyl groups excluding tert-OH is 1. The lowest BCUT2D eigenvalue weighted by molar-refractivity contribution is -0.0515. The van der Waals surface area contributed by atoms with Crippen LogP contribution in [0.25, 0.3) is 0 Å². The van der Waals surface area contributed by atoms with E-state index in [1.165, 1.54) is 0 Å². The highest BCUT2D eigenvalue weighted by Gasteiger charge is 2.16. The fourth-order valence-electron chi connectivity index (χ4n) is 1.13. The summed E-state index contributed by atoms with van der Waals surface area (Å²) in [6, 6.07) is 1.79. The highest BCUT2D eigenvalue weighted by atomic mass is 16.5. The maximum atomic E-state index is 9.77. The molecule has 14 heavy (non-hydrogen) atoms. The summed E-state index contributed by atoms with van der Waals surface area (Å²) in [5.74, 6) is 0. The first kappa shape index (κ1) is 11.2. The molecular formula is C10H18N2O2. The average Bonchev–Trinajstić information content (AvgIpc) is 2.46. The van der Waals surface area contributed by atoms with Crippen molar-refractivity contribution in [3.8, 4) is 0 Å². The van der Waals surface area contributed by atoms with Gasteiger partial charge >= 0.3 is 0 Å². The first-order valence-corrected chi connectivity index (χ1v) is 4.70. The number of rotatable bonds is 3. The summed E-state index contributed by atoms with van der Waals surface area (Å²) in [6.07, 6.45) is 1.05. The molecule has 4 heteroatoms. The zero-order valence-electron chi connectivity index (χ0n) is 9.19. The first-order chi connectivity index (χ1) is 6.40. The van der Waals surface area contributed by atoms with Crippen molar-refractivity contribution in [3.63, 3.8) is 0 Å². The van der Waals surface area contributed by atoms with Crippen molar-refractivity contribution in [1.29, 1.82) is 0 Å². The van der Waals surface area contributed by atoms with E-state index in [4.69, 9.17) is 4.74 Å². The van der Waals surface area contributed by atoms with Gasteiger partial charge in [-0.2, -0.15) is 5.10 Å². The lowest BCUT2D eigenvalue weighted by atomic mass is 10.2. The quantitative estimate of drug-likeness (QED) is 0.795. The van der Waals surface area contributed by atoms with Crippen LogP contribution >= 0.6 is 0 Å². The molecule has 0 radical (unpaired) electrons. The number of aryl methyl sites for hydroxylation is 1. The fourth-order valence-corrected chi connectivity index (χ4v) is 1.13. The van der Waals surface area contributed by atoms with E-state index in [2.05, 4.69) is 5.10 Å². The van der Waals surface area contributed by atoms with E-state index < -0.39 is 6.10 Å². The summed E-state index contributed by atoms with van der Waals surface area (Å²) < 4.78 is 7.13. The zero-order valence-corrected chi connectivity index (χ0v) is 9.19. The smallest absolute Gasteiger partial charge is 0.119 e. The second kappa shape index (κ2) is 4.11. The standard InChI is InChI=1S/C10H18N2O2/c1-10(2,3)14-7-9(13)8-5-6-11-12(8)4/h5-6,9,13H,7H2,1-4H3. The SMILES string of the molecule is Cn1nccc1C(O)COC(C)(C)C. The topological polar surface area (TPSA) is 47.3 Å². The molecule has 0 spiro atoms. The summed E-state index contributed by atoms with van der Waals surface area (Å²) in [5, 5.41) is 13.8. The second-order valence-corrected chi connectivity index (χ2v) is 4.32. The highest BCUT2D eigenvalue weighted by Crippen LogP contribution is 2.15. The Labute approximate surface area is 84.5 Å². The Balaban J connectivity index is 2.51. The van der Waals surface area contributed by atoms with Crippen LogP contribution < -0.4 is 0 Å². The van der Waals surface area contributed by atoms with E-state index in [0.717, 1.165) is 5.69 Å². The van der Waals surface area contributed by atoms with E-state index in [1.54, 1.807) is 24.0 Å². The van der Waals surface area contributed by atoms with Gasteiger partial charge in [-0.25, -0.2) is 0 Å². The normalized spacial score (nSPS) is 14.4. The van der Waals surface area contributed by atoms with Crippen molar-refractivity contribution in [2.24, 2.45) is 7.05 Å². The minimum absolute atomic E-state index is 0.223. The zero-order chi connectivity index (χ0) is 10.8. The molecule has 0 amide bonds. The molecule has 0 fully saturated rings. The Morgan fingerprint density at radius 2 is 2.21 bits per heavy atom. The lowest BCUT2D eigenvalue weighted by Crippen LogP contribution is -2.23. The predicted octanol–water partition coefficient (Wildman–Crippen LogP) is 1.27. The summed E-state index contributed by atoms with van der Waals surface area (Å²) in [7, 11) is 1.80. The van der Waals surface area contributed by atoms with Crippen molar-refractivity contribution in [2.45, 2.75) is 32.5 Å². The minimum atomic E-state index is -0.610. The third kappa shape index (κ3) is 3.12. The first-order valence-electron chi connectivity index (χ1n) is 4.70. The van der Waals surface area contributed by atoms with Crippen LogP contribution in [-0.2, 0) is 11.8 Å². The fraction of sp³-hybridized carbons (Fsp3) is 0.700. The molecule has 4 nitrogen and oxygen atoms in total. The van der Waals surface area contributed by atoms with E-state index in [0.29, 0.717) is 6.61 Å². The van der Waals surface area contributed by atoms with E-state index in [-0.39, 0.29) is 5.60 Å². The molecule has 1 unspecified atom stereocenters. The number of nitrogens with zero attached hydrogens (tertiary/aromatic N) is 2. The molecule has 1 aromatic heterocycles. The molecule has 0 aliphatic rings. The van der Waals surface area contributed by atoms with Crippen molar-refractivity contribution in [3.05, 3.63) is 18.0 Å². The Morgan fingerprint density at radius 1 is 1.57 bits per heavy atom. The van der Waals surface area contributed by atoms with E-state index >= 15 is 0 Å². The largest absolute Gasteiger partial charge is 0.384 e. The molecule has 1 atom stereocenters. The number of hydrogen-bond acceptors (Lipinski definition) is 3. The number of aromatic nitrogens is 2. The molecule has 0 bridgehead atoms. The van der Waals surface area contributed by atoms with Gasteiger partial charge < -0.3 is 9.84 Å². The van der Waals surface area contributed by atoms with Gasteiger partial charge in [-0.1, -0.05) is 0 Å². The summed E-state index contributed by atoms with van der Waals surface area (Å²) in [5.41, 5.74) is 0.550. The highest BCUT2D eigenvalue weighted by molar-refractivity contribution is 5.03. The molecule has 0 aromatic carbocycles. The van der Waals surface area contributed by atoms with Gasteiger partial charge in [0.25, 0.3) is 0 Å². The Morgan fingerprint density at radius 3 is 2.64 bits per heavy atom. The van der Waals surface area contributed by atoms with Gasteiger partial charge in [0.05, 0.1) is 17.9 Å². The molecule has 0 aliphatic carbocycles. The molecule has 80 valence electrons. The summed E-state index contributed by atoms with van der Waals surface area (Å²) >= 11 is 0. The van der Waals surface area contributed by atoms with Gasteiger partial charge in [-0.15, -0.1) is 0 Å². The van der Waals surface area contributed by atoms with Crippen molar-refractivity contribution in [1.82, 2.24) is 9.78 Å². The number of ether oxygens (including phenoxy) is 1. The van der Waals surface area contributed by atoms with Crippen molar-refractivity contribution in [2.75, 3.05) is 6.61 Å². The Hall–Kier alpha value is -0.870. The van der Waals surface area contributed by atoms with Crippen LogP contribution in [0.2, 0.25) is 0 Å². The number of hydrogen-bond donors (Lipinski definition) is 1. The van der Waals surface area contributed by atoms with Gasteiger partial charge in [-0.3, -0.25) is 4.68 Å². The molecule has 1 rings (SSSR count). The maximum Gasteiger partial charge on any atom is 0.119 e. The van der Waals surface area contributed by atoms with Crippen LogP contribution in [0.4, 0.5) is 0 Å². The monoisotopic (exact) mass is 198 g/mol. The molecule has 1 N–H and O–H groups in total. The molecule has 1 heterocycles. The average molecular weight is 198 g/mol. The third-order valence-electron chi connectivity index (χ3n) is 1.87. The predicted molar refractivity (Wildman–Crippen MR) is 53.9 cm³/mol. The maximum absolute atomic E-state index is 9.77. The molecular weight excluding hydrogens is 180 g/mol. The van der Waals surface area contributed by atoms with Gasteiger partial charge in [0, 0.05) is 13.2 Å². The lowest BCUT2D eigenvalue weighted by Gasteiger charge is -2.21. The Bertz CT molecular complexity index is 289. The van der Waals surface area contributed by atoms with E-state index in [1.807, 2.05) is 20.8 Å². The summed E-state index contributed by atoms with van der Waals surface area (Å²) in [6.45, 7) is 6.18. The second-order valence-electron chi connectivity index (χ2n) is 4.32. The van der Waals surface area contributed by atoms with Gasteiger partial charge in [0.15, 0.2) is 0 Å².